The summed E-state index contributed by atoms with van der Waals surface area (Å²) in [6.45, 7) is 8.75. The van der Waals surface area contributed by atoms with Gasteiger partial charge in [-0.1, -0.05) is 40.5 Å². The summed E-state index contributed by atoms with van der Waals surface area (Å²) in [6.07, 6.45) is 1.14. The van der Waals surface area contributed by atoms with Gasteiger partial charge in [0.1, 0.15) is 0 Å². The van der Waals surface area contributed by atoms with Crippen LogP contribution in [-0.2, 0) is 0 Å². The molecule has 0 spiro atoms. The molecule has 1 rings (SSSR count). The molecule has 0 amide bonds. The topological polar surface area (TPSA) is 0 Å². The fourth-order valence-electron chi connectivity index (χ4n) is 1.89. The molecule has 13 heavy (non-hydrogen) atoms. The van der Waals surface area contributed by atoms with E-state index in [0.29, 0.717) is 4.83 Å². The van der Waals surface area contributed by atoms with Crippen molar-refractivity contribution in [3.8, 4) is 0 Å². The lowest BCUT2D eigenvalue weighted by atomic mass is 9.96. The van der Waals surface area contributed by atoms with Crippen LogP contribution in [-0.4, -0.2) is 0 Å². The third-order valence-corrected chi connectivity index (χ3v) is 3.52. The van der Waals surface area contributed by atoms with E-state index in [1.807, 2.05) is 0 Å². The molecule has 0 radical (unpaired) electrons. The van der Waals surface area contributed by atoms with Crippen LogP contribution in [0.25, 0.3) is 0 Å². The van der Waals surface area contributed by atoms with E-state index in [0.717, 1.165) is 6.42 Å². The van der Waals surface area contributed by atoms with E-state index in [1.165, 1.54) is 22.3 Å². The van der Waals surface area contributed by atoms with Crippen LogP contribution in [0, 0.1) is 20.8 Å². The highest BCUT2D eigenvalue weighted by Crippen LogP contribution is 2.31. The molecule has 1 aromatic rings. The highest BCUT2D eigenvalue weighted by molar-refractivity contribution is 9.09. The average Bonchev–Trinajstić information content (AvgIpc) is 2.02. The smallest absolute Gasteiger partial charge is 0.0397 e. The van der Waals surface area contributed by atoms with Crippen LogP contribution in [0.2, 0.25) is 0 Å². The largest absolute Gasteiger partial charge is 0.0839 e. The molecule has 1 heteroatoms. The monoisotopic (exact) mass is 240 g/mol. The third-order valence-electron chi connectivity index (χ3n) is 2.41. The van der Waals surface area contributed by atoms with Crippen molar-refractivity contribution in [3.63, 3.8) is 0 Å². The van der Waals surface area contributed by atoms with Crippen molar-refractivity contribution >= 4 is 15.9 Å². The van der Waals surface area contributed by atoms with E-state index in [-0.39, 0.29) is 0 Å². The number of benzene rings is 1. The molecule has 0 aliphatic carbocycles. The zero-order valence-electron chi connectivity index (χ0n) is 8.82. The van der Waals surface area contributed by atoms with Crippen LogP contribution in [0.1, 0.15) is 40.4 Å². The number of aryl methyl sites for hydroxylation is 3. The van der Waals surface area contributed by atoms with Crippen molar-refractivity contribution < 1.29 is 0 Å². The number of halogens is 1. The minimum atomic E-state index is 0.507. The highest BCUT2D eigenvalue weighted by atomic mass is 79.9. The Kier molecular flexibility index (Phi) is 3.55. The van der Waals surface area contributed by atoms with E-state index >= 15 is 0 Å². The molecule has 1 aromatic carbocycles. The summed E-state index contributed by atoms with van der Waals surface area (Å²) < 4.78 is 0. The van der Waals surface area contributed by atoms with Gasteiger partial charge in [0.15, 0.2) is 0 Å². The Morgan fingerprint density at radius 3 is 2.00 bits per heavy atom. The van der Waals surface area contributed by atoms with Gasteiger partial charge in [-0.15, -0.1) is 0 Å². The second-order valence-electron chi connectivity index (χ2n) is 3.69. The highest BCUT2D eigenvalue weighted by Gasteiger charge is 2.10. The van der Waals surface area contributed by atoms with E-state index < -0.39 is 0 Å². The quantitative estimate of drug-likeness (QED) is 0.670. The fourth-order valence-corrected chi connectivity index (χ4v) is 2.61. The molecule has 0 N–H and O–H groups in total. The van der Waals surface area contributed by atoms with E-state index in [4.69, 9.17) is 0 Å². The number of alkyl halides is 1. The second-order valence-corrected chi connectivity index (χ2v) is 4.79. The lowest BCUT2D eigenvalue weighted by molar-refractivity contribution is 0.892. The molecule has 0 saturated carbocycles. The molecule has 0 aromatic heterocycles. The molecule has 1 unspecified atom stereocenters. The first-order valence-electron chi connectivity index (χ1n) is 4.78. The molecular weight excluding hydrogens is 224 g/mol. The third kappa shape index (κ3) is 2.34. The predicted molar refractivity (Wildman–Crippen MR) is 62.6 cm³/mol. The van der Waals surface area contributed by atoms with Crippen molar-refractivity contribution in [2.24, 2.45) is 0 Å². The zero-order valence-corrected chi connectivity index (χ0v) is 10.4. The van der Waals surface area contributed by atoms with Crippen molar-refractivity contribution in [3.05, 3.63) is 34.4 Å². The molecule has 0 bridgehead atoms. The van der Waals surface area contributed by atoms with E-state index in [9.17, 15) is 0 Å². The van der Waals surface area contributed by atoms with Crippen molar-refractivity contribution in [1.82, 2.24) is 0 Å². The molecule has 0 nitrogen and oxygen atoms in total. The molecule has 0 aliphatic heterocycles. The normalized spacial score (nSPS) is 13.0. The Labute approximate surface area is 89.5 Å². The molecule has 0 fully saturated rings. The summed E-state index contributed by atoms with van der Waals surface area (Å²) in [6, 6.07) is 4.51. The predicted octanol–water partition coefficient (Wildman–Crippen LogP) is 4.46. The zero-order chi connectivity index (χ0) is 10.0. The molecule has 0 saturated heterocycles. The number of rotatable bonds is 2. The van der Waals surface area contributed by atoms with Gasteiger partial charge >= 0.3 is 0 Å². The van der Waals surface area contributed by atoms with Crippen LogP contribution in [0.5, 0.6) is 0 Å². The van der Waals surface area contributed by atoms with Crippen LogP contribution >= 0.6 is 15.9 Å². The standard InChI is InChI=1S/C12H17Br/c1-5-11(13)12-9(3)6-8(2)7-10(12)4/h6-7,11H,5H2,1-4H3. The Morgan fingerprint density at radius 2 is 1.62 bits per heavy atom. The van der Waals surface area contributed by atoms with Gasteiger partial charge in [0, 0.05) is 4.83 Å². The first kappa shape index (κ1) is 10.8. The molecule has 0 aliphatic rings. The minimum Gasteiger partial charge on any atom is -0.0839 e. The van der Waals surface area contributed by atoms with Gasteiger partial charge in [0.05, 0.1) is 0 Å². The summed E-state index contributed by atoms with van der Waals surface area (Å²) in [5.41, 5.74) is 5.63. The number of hydrogen-bond donors (Lipinski definition) is 0. The second kappa shape index (κ2) is 4.28. The van der Waals surface area contributed by atoms with Gasteiger partial charge in [-0.05, 0) is 43.9 Å². The fraction of sp³-hybridized carbons (Fsp3) is 0.500. The Morgan fingerprint density at radius 1 is 1.15 bits per heavy atom. The maximum absolute atomic E-state index is 3.71. The summed E-state index contributed by atoms with van der Waals surface area (Å²) in [5, 5.41) is 0. The summed E-state index contributed by atoms with van der Waals surface area (Å²) in [7, 11) is 0. The molecule has 0 heterocycles. The van der Waals surface area contributed by atoms with Crippen LogP contribution < -0.4 is 0 Å². The summed E-state index contributed by atoms with van der Waals surface area (Å²) in [5.74, 6) is 0. The Balaban J connectivity index is 3.20. The van der Waals surface area contributed by atoms with E-state index in [2.05, 4.69) is 55.8 Å². The molecule has 1 atom stereocenters. The van der Waals surface area contributed by atoms with Crippen molar-refractivity contribution in [1.29, 1.82) is 0 Å². The number of hydrogen-bond acceptors (Lipinski definition) is 0. The average molecular weight is 241 g/mol. The van der Waals surface area contributed by atoms with Gasteiger partial charge < -0.3 is 0 Å². The van der Waals surface area contributed by atoms with Gasteiger partial charge in [-0.25, -0.2) is 0 Å². The first-order valence-corrected chi connectivity index (χ1v) is 5.69. The SMILES string of the molecule is CCC(Br)c1c(C)cc(C)cc1C. The van der Waals surface area contributed by atoms with E-state index in [1.54, 1.807) is 0 Å². The van der Waals surface area contributed by atoms with Gasteiger partial charge in [-0.3, -0.25) is 0 Å². The maximum atomic E-state index is 3.71. The first-order chi connectivity index (χ1) is 6.06. The Bertz CT molecular complexity index is 279. The van der Waals surface area contributed by atoms with Crippen molar-refractivity contribution in [2.45, 2.75) is 38.9 Å². The van der Waals surface area contributed by atoms with Crippen LogP contribution in [0.15, 0.2) is 12.1 Å². The summed E-state index contributed by atoms with van der Waals surface area (Å²) in [4.78, 5) is 0.507. The maximum Gasteiger partial charge on any atom is 0.0397 e. The van der Waals surface area contributed by atoms with Gasteiger partial charge in [0.25, 0.3) is 0 Å². The summed E-state index contributed by atoms with van der Waals surface area (Å²) >= 11 is 3.71. The lowest BCUT2D eigenvalue weighted by Gasteiger charge is -2.15. The minimum absolute atomic E-state index is 0.507. The molecular formula is C12H17Br. The van der Waals surface area contributed by atoms with Gasteiger partial charge in [0.2, 0.25) is 0 Å². The van der Waals surface area contributed by atoms with Gasteiger partial charge in [-0.2, -0.15) is 0 Å². The van der Waals surface area contributed by atoms with Crippen LogP contribution in [0.3, 0.4) is 0 Å². The molecule has 72 valence electrons. The van der Waals surface area contributed by atoms with Crippen molar-refractivity contribution in [2.75, 3.05) is 0 Å². The lowest BCUT2D eigenvalue weighted by Crippen LogP contribution is -1.97. The van der Waals surface area contributed by atoms with Crippen LogP contribution in [0.4, 0.5) is 0 Å². The Hall–Kier alpha value is -0.300.